The number of halogens is 1. The minimum absolute atomic E-state index is 0.0202. The van der Waals surface area contributed by atoms with Crippen LogP contribution in [-0.2, 0) is 16.1 Å². The van der Waals surface area contributed by atoms with Crippen molar-refractivity contribution >= 4 is 17.3 Å². The number of benzene rings is 2. The molecular formula is C26H32FN3O5. The Morgan fingerprint density at radius 2 is 1.69 bits per heavy atom. The molecule has 0 aromatic heterocycles. The van der Waals surface area contributed by atoms with Crippen molar-refractivity contribution in [1.29, 1.82) is 0 Å². The predicted octanol–water partition coefficient (Wildman–Crippen LogP) is 3.00. The third-order valence-electron chi connectivity index (χ3n) is 7.27. The summed E-state index contributed by atoms with van der Waals surface area (Å²) in [5, 5.41) is 2.92. The SMILES string of the molecule is COc1cc(CN2CC3C(C2)C3C(=O)Nc2ccc(N3CCOCC3)c(F)c2)cc(OC)c1OC. The summed E-state index contributed by atoms with van der Waals surface area (Å²) in [6.07, 6.45) is 0. The Morgan fingerprint density at radius 1 is 1.03 bits per heavy atom. The second-order valence-corrected chi connectivity index (χ2v) is 9.34. The van der Waals surface area contributed by atoms with Crippen LogP contribution in [-0.4, -0.2) is 71.5 Å². The third-order valence-corrected chi connectivity index (χ3v) is 7.27. The molecule has 2 heterocycles. The molecule has 0 radical (unpaired) electrons. The van der Waals surface area contributed by atoms with Crippen molar-refractivity contribution in [3.05, 3.63) is 41.7 Å². The van der Waals surface area contributed by atoms with Gasteiger partial charge in [0.25, 0.3) is 0 Å². The van der Waals surface area contributed by atoms with Crippen LogP contribution < -0.4 is 24.4 Å². The van der Waals surface area contributed by atoms with Crippen LogP contribution in [0, 0.1) is 23.6 Å². The second kappa shape index (κ2) is 9.91. The topological polar surface area (TPSA) is 72.5 Å². The van der Waals surface area contributed by atoms with E-state index in [1.165, 1.54) is 6.07 Å². The summed E-state index contributed by atoms with van der Waals surface area (Å²) in [7, 11) is 4.81. The van der Waals surface area contributed by atoms with Crippen molar-refractivity contribution in [2.75, 3.05) is 70.9 Å². The zero-order valence-corrected chi connectivity index (χ0v) is 20.4. The Morgan fingerprint density at radius 3 is 2.26 bits per heavy atom. The molecule has 1 aliphatic carbocycles. The average molecular weight is 486 g/mol. The largest absolute Gasteiger partial charge is 0.493 e. The van der Waals surface area contributed by atoms with Gasteiger partial charge in [-0.25, -0.2) is 4.39 Å². The lowest BCUT2D eigenvalue weighted by molar-refractivity contribution is -0.118. The van der Waals surface area contributed by atoms with E-state index in [0.717, 1.165) is 25.2 Å². The number of carbonyl (C=O) groups is 1. The molecule has 2 aromatic rings. The van der Waals surface area contributed by atoms with E-state index in [9.17, 15) is 9.18 Å². The van der Waals surface area contributed by atoms with Crippen LogP contribution >= 0.6 is 0 Å². The van der Waals surface area contributed by atoms with Crippen LogP contribution in [0.4, 0.5) is 15.8 Å². The molecule has 0 bridgehead atoms. The molecule has 1 saturated carbocycles. The fourth-order valence-corrected chi connectivity index (χ4v) is 5.49. The molecule has 1 N–H and O–H groups in total. The lowest BCUT2D eigenvalue weighted by atomic mass is 10.1. The van der Waals surface area contributed by atoms with Crippen molar-refractivity contribution in [3.63, 3.8) is 0 Å². The number of hydrogen-bond donors (Lipinski definition) is 1. The second-order valence-electron chi connectivity index (χ2n) is 9.34. The molecular weight excluding hydrogens is 453 g/mol. The predicted molar refractivity (Wildman–Crippen MR) is 130 cm³/mol. The van der Waals surface area contributed by atoms with Crippen molar-refractivity contribution in [2.24, 2.45) is 17.8 Å². The molecule has 35 heavy (non-hydrogen) atoms. The summed E-state index contributed by atoms with van der Waals surface area (Å²) >= 11 is 0. The summed E-state index contributed by atoms with van der Waals surface area (Å²) in [4.78, 5) is 17.2. The van der Waals surface area contributed by atoms with Gasteiger partial charge in [0.15, 0.2) is 11.5 Å². The fraction of sp³-hybridized carbons (Fsp3) is 0.500. The fourth-order valence-electron chi connectivity index (χ4n) is 5.49. The number of anilines is 2. The zero-order valence-electron chi connectivity index (χ0n) is 20.4. The molecule has 0 spiro atoms. The Labute approximate surface area is 204 Å². The summed E-state index contributed by atoms with van der Waals surface area (Å²) < 4.78 is 36.3. The summed E-state index contributed by atoms with van der Waals surface area (Å²) in [6, 6.07) is 8.86. The van der Waals surface area contributed by atoms with Crippen LogP contribution in [0.2, 0.25) is 0 Å². The van der Waals surface area contributed by atoms with Crippen molar-refractivity contribution < 1.29 is 28.1 Å². The highest BCUT2D eigenvalue weighted by molar-refractivity contribution is 5.95. The molecule has 3 aliphatic rings. The Kier molecular flexibility index (Phi) is 6.71. The number of amides is 1. The highest BCUT2D eigenvalue weighted by atomic mass is 19.1. The van der Waals surface area contributed by atoms with Gasteiger partial charge in [-0.05, 0) is 47.7 Å². The minimum atomic E-state index is -0.322. The van der Waals surface area contributed by atoms with Crippen molar-refractivity contribution in [1.82, 2.24) is 4.90 Å². The maximum absolute atomic E-state index is 14.7. The zero-order chi connectivity index (χ0) is 24.5. The van der Waals surface area contributed by atoms with E-state index in [4.69, 9.17) is 18.9 Å². The number of nitrogens with zero attached hydrogens (tertiary/aromatic N) is 2. The molecule has 1 amide bonds. The van der Waals surface area contributed by atoms with E-state index in [1.807, 2.05) is 17.0 Å². The first-order chi connectivity index (χ1) is 17.0. The van der Waals surface area contributed by atoms with E-state index in [1.54, 1.807) is 33.5 Å². The van der Waals surface area contributed by atoms with E-state index in [-0.39, 0.29) is 17.6 Å². The molecule has 2 saturated heterocycles. The van der Waals surface area contributed by atoms with Gasteiger partial charge in [-0.2, -0.15) is 0 Å². The summed E-state index contributed by atoms with van der Waals surface area (Å²) in [6.45, 7) is 4.97. The van der Waals surface area contributed by atoms with Crippen LogP contribution in [0.15, 0.2) is 30.3 Å². The highest BCUT2D eigenvalue weighted by Gasteiger charge is 2.59. The molecule has 2 unspecified atom stereocenters. The Bertz CT molecular complexity index is 1050. The van der Waals surface area contributed by atoms with E-state index in [2.05, 4.69) is 10.2 Å². The van der Waals surface area contributed by atoms with Crippen LogP contribution in [0.25, 0.3) is 0 Å². The normalized spacial score (nSPS) is 23.5. The molecule has 2 aliphatic heterocycles. The van der Waals surface area contributed by atoms with Crippen LogP contribution in [0.5, 0.6) is 17.2 Å². The molecule has 9 heteroatoms. The first kappa shape index (κ1) is 23.7. The van der Waals surface area contributed by atoms with Gasteiger partial charge < -0.3 is 29.2 Å². The number of methoxy groups -OCH3 is 3. The number of rotatable bonds is 8. The number of likely N-dealkylation sites (tertiary alicyclic amines) is 1. The number of piperidine rings is 1. The lowest BCUT2D eigenvalue weighted by Gasteiger charge is -2.29. The summed E-state index contributed by atoms with van der Waals surface area (Å²) in [5.41, 5.74) is 2.12. The lowest BCUT2D eigenvalue weighted by Crippen LogP contribution is -2.36. The van der Waals surface area contributed by atoms with Crippen molar-refractivity contribution in [2.45, 2.75) is 6.54 Å². The molecule has 2 aromatic carbocycles. The standard InChI is InChI=1S/C26H32FN3O5/c1-32-22-10-16(11-23(33-2)25(22)34-3)13-29-14-18-19(15-29)24(18)26(31)28-17-4-5-21(20(27)12-17)30-6-8-35-9-7-30/h4-5,10-12,18-19,24H,6-9,13-15H2,1-3H3,(H,28,31). The van der Waals surface area contributed by atoms with Gasteiger partial charge in [-0.1, -0.05) is 0 Å². The number of fused-ring (bicyclic) bond motifs is 1. The van der Waals surface area contributed by atoms with Gasteiger partial charge in [-0.3, -0.25) is 9.69 Å². The van der Waals surface area contributed by atoms with Crippen LogP contribution in [0.3, 0.4) is 0 Å². The van der Waals surface area contributed by atoms with Crippen LogP contribution in [0.1, 0.15) is 5.56 Å². The minimum Gasteiger partial charge on any atom is -0.493 e. The van der Waals surface area contributed by atoms with E-state index >= 15 is 0 Å². The smallest absolute Gasteiger partial charge is 0.228 e. The average Bonchev–Trinajstić information content (AvgIpc) is 3.39. The number of nitrogens with one attached hydrogen (secondary N) is 1. The first-order valence-corrected chi connectivity index (χ1v) is 12.0. The van der Waals surface area contributed by atoms with Gasteiger partial charge in [-0.15, -0.1) is 0 Å². The Hall–Kier alpha value is -3.04. The van der Waals surface area contributed by atoms with Gasteiger partial charge in [0.1, 0.15) is 5.82 Å². The number of morpholine rings is 1. The molecule has 188 valence electrons. The van der Waals surface area contributed by atoms with Gasteiger partial charge >= 0.3 is 0 Å². The molecule has 3 fully saturated rings. The highest BCUT2D eigenvalue weighted by Crippen LogP contribution is 2.52. The summed E-state index contributed by atoms with van der Waals surface area (Å²) in [5.74, 6) is 2.14. The number of carbonyl (C=O) groups excluding carboxylic acids is 1. The number of hydrogen-bond acceptors (Lipinski definition) is 7. The first-order valence-electron chi connectivity index (χ1n) is 12.0. The molecule has 8 nitrogen and oxygen atoms in total. The molecule has 2 atom stereocenters. The van der Waals surface area contributed by atoms with E-state index in [0.29, 0.717) is 66.8 Å². The van der Waals surface area contributed by atoms with Gasteiger partial charge in [0.05, 0.1) is 40.2 Å². The number of ether oxygens (including phenoxy) is 4. The maximum atomic E-state index is 14.7. The monoisotopic (exact) mass is 485 g/mol. The molecule has 5 rings (SSSR count). The quantitative estimate of drug-likeness (QED) is 0.616. The Balaban J connectivity index is 1.16. The van der Waals surface area contributed by atoms with Gasteiger partial charge in [0, 0.05) is 44.3 Å². The maximum Gasteiger partial charge on any atom is 0.228 e. The third kappa shape index (κ3) is 4.75. The van der Waals surface area contributed by atoms with Crippen molar-refractivity contribution in [3.8, 4) is 17.2 Å². The van der Waals surface area contributed by atoms with Gasteiger partial charge in [0.2, 0.25) is 11.7 Å². The van der Waals surface area contributed by atoms with E-state index < -0.39 is 0 Å².